The van der Waals surface area contributed by atoms with Crippen molar-refractivity contribution in [3.8, 4) is 17.2 Å². The lowest BCUT2D eigenvalue weighted by atomic mass is 9.71. The summed E-state index contributed by atoms with van der Waals surface area (Å²) in [6.45, 7) is 6.19. The van der Waals surface area contributed by atoms with Gasteiger partial charge in [0, 0.05) is 11.8 Å². The maximum atomic E-state index is 11.2. The Kier molecular flexibility index (Phi) is 8.26. The number of halogens is 1. The van der Waals surface area contributed by atoms with Crippen LogP contribution in [-0.2, 0) is 9.22 Å². The first-order chi connectivity index (χ1) is 19.2. The van der Waals surface area contributed by atoms with Gasteiger partial charge in [0.15, 0.2) is 24.2 Å². The summed E-state index contributed by atoms with van der Waals surface area (Å²) in [5, 5.41) is 11.5. The highest BCUT2D eigenvalue weighted by atomic mass is 35.5. The summed E-state index contributed by atoms with van der Waals surface area (Å²) in [4.78, 5) is 11.2. The Morgan fingerprint density at radius 1 is 1.02 bits per heavy atom. The standard InChI is InChI=1S/C32H35ClO6Si/c1-31(2,3)27-20-26-30(38-25-17-10-16-24(29(25)37-26)36-21-28(34)35)32(27,18-11-19-33)39-40(22-12-6-4-7-13-22)23-14-8-5-9-15-23/h4-18,26-27,30,40H,19-21H2,1-3H3,(H,34,35)/t26-,27+,30+,32+/m0/s1. The van der Waals surface area contributed by atoms with E-state index in [1.54, 1.807) is 12.1 Å². The van der Waals surface area contributed by atoms with Gasteiger partial charge in [-0.2, -0.15) is 0 Å². The molecule has 0 radical (unpaired) electrons. The summed E-state index contributed by atoms with van der Waals surface area (Å²) in [5.74, 6) is 0.582. The fourth-order valence-corrected chi connectivity index (χ4v) is 8.67. The van der Waals surface area contributed by atoms with E-state index >= 15 is 0 Å². The highest BCUT2D eigenvalue weighted by Gasteiger charge is 2.63. The molecule has 0 amide bonds. The maximum absolute atomic E-state index is 11.2. The number of allylic oxidation sites excluding steroid dienone is 1. The highest BCUT2D eigenvalue weighted by Crippen LogP contribution is 2.55. The zero-order chi connectivity index (χ0) is 28.3. The van der Waals surface area contributed by atoms with Crippen molar-refractivity contribution in [2.45, 2.75) is 45.0 Å². The average molecular weight is 579 g/mol. The number of aliphatic carboxylic acids is 1. The number of carbonyl (C=O) groups is 1. The Bertz CT molecular complexity index is 1300. The third-order valence-electron chi connectivity index (χ3n) is 7.65. The van der Waals surface area contributed by atoms with Gasteiger partial charge < -0.3 is 23.7 Å². The largest absolute Gasteiger partial charge is 0.479 e. The van der Waals surface area contributed by atoms with E-state index in [1.807, 2.05) is 24.3 Å². The molecule has 2 aliphatic rings. The zero-order valence-corrected chi connectivity index (χ0v) is 24.9. The van der Waals surface area contributed by atoms with Crippen LogP contribution in [0.5, 0.6) is 17.2 Å². The van der Waals surface area contributed by atoms with E-state index in [2.05, 4.69) is 75.4 Å². The fraction of sp³-hybridized carbons (Fsp3) is 0.344. The summed E-state index contributed by atoms with van der Waals surface area (Å²) in [6.07, 6.45) is 3.94. The molecular formula is C32H35ClO6Si. The normalized spacial score (nSPS) is 23.8. The van der Waals surface area contributed by atoms with Crippen LogP contribution >= 0.6 is 11.6 Å². The lowest BCUT2D eigenvalue weighted by Crippen LogP contribution is -2.60. The van der Waals surface area contributed by atoms with Crippen molar-refractivity contribution in [1.82, 2.24) is 0 Å². The van der Waals surface area contributed by atoms with E-state index in [9.17, 15) is 4.79 Å². The highest BCUT2D eigenvalue weighted by molar-refractivity contribution is 6.80. The molecule has 0 aromatic heterocycles. The number of rotatable bonds is 9. The van der Waals surface area contributed by atoms with Gasteiger partial charge in [-0.25, -0.2) is 4.79 Å². The van der Waals surface area contributed by atoms with Crippen LogP contribution in [0.15, 0.2) is 91.0 Å². The van der Waals surface area contributed by atoms with Crippen LogP contribution in [0.4, 0.5) is 0 Å². The number of benzene rings is 3. The molecule has 40 heavy (non-hydrogen) atoms. The minimum atomic E-state index is -2.23. The van der Waals surface area contributed by atoms with Crippen molar-refractivity contribution in [3.63, 3.8) is 0 Å². The van der Waals surface area contributed by atoms with Crippen molar-refractivity contribution in [2.75, 3.05) is 12.5 Å². The fourth-order valence-electron chi connectivity index (χ4n) is 6.00. The number of para-hydroxylation sites is 1. The molecule has 1 saturated carbocycles. The number of alkyl halides is 1. The Morgan fingerprint density at radius 3 is 2.25 bits per heavy atom. The van der Waals surface area contributed by atoms with Gasteiger partial charge in [0.1, 0.15) is 11.7 Å². The molecule has 4 atom stereocenters. The summed E-state index contributed by atoms with van der Waals surface area (Å²) < 4.78 is 26.4. The number of fused-ring (bicyclic) bond motifs is 2. The quantitative estimate of drug-likeness (QED) is 0.223. The van der Waals surface area contributed by atoms with Crippen LogP contribution in [0.1, 0.15) is 27.2 Å². The molecule has 8 heteroatoms. The molecule has 0 spiro atoms. The first-order valence-electron chi connectivity index (χ1n) is 13.5. The number of carboxylic acid groups (broad SMARTS) is 1. The number of ether oxygens (including phenoxy) is 3. The Balaban J connectivity index is 1.62. The van der Waals surface area contributed by atoms with Crippen LogP contribution in [-0.4, -0.2) is 50.4 Å². The second-order valence-corrected chi connectivity index (χ2v) is 14.0. The van der Waals surface area contributed by atoms with Crippen LogP contribution in [0.25, 0.3) is 0 Å². The Morgan fingerprint density at radius 2 is 1.68 bits per heavy atom. The molecule has 210 valence electrons. The molecule has 1 heterocycles. The molecule has 1 aliphatic carbocycles. The van der Waals surface area contributed by atoms with Crippen molar-refractivity contribution >= 4 is 37.0 Å². The minimum Gasteiger partial charge on any atom is -0.479 e. The molecule has 0 saturated heterocycles. The number of hydrogen-bond donors (Lipinski definition) is 1. The SMILES string of the molecule is CC(C)(C)[C@H]1C[C@@H]2Oc3c(OCC(=O)O)cccc3O[C@H]2[C@]1(C=CCCl)O[SiH](c1ccccc1)c1ccccc1. The first kappa shape index (κ1) is 28.3. The molecule has 3 aromatic rings. The minimum absolute atomic E-state index is 0.0228. The van der Waals surface area contributed by atoms with Crippen LogP contribution in [0, 0.1) is 11.3 Å². The van der Waals surface area contributed by atoms with Gasteiger partial charge in [-0.1, -0.05) is 99.7 Å². The van der Waals surface area contributed by atoms with Crippen LogP contribution < -0.4 is 24.6 Å². The summed E-state index contributed by atoms with van der Waals surface area (Å²) in [7, 11) is -2.23. The van der Waals surface area contributed by atoms with E-state index in [0.29, 0.717) is 29.5 Å². The molecule has 5 rings (SSSR count). The molecule has 1 N–H and O–H groups in total. The van der Waals surface area contributed by atoms with Crippen molar-refractivity contribution < 1.29 is 28.5 Å². The monoisotopic (exact) mass is 578 g/mol. The first-order valence-corrected chi connectivity index (χ1v) is 15.7. The third kappa shape index (κ3) is 5.64. The molecule has 0 unspecified atom stereocenters. The second kappa shape index (κ2) is 11.7. The van der Waals surface area contributed by atoms with E-state index in [0.717, 1.165) is 0 Å². The van der Waals surface area contributed by atoms with Gasteiger partial charge in [0.25, 0.3) is 0 Å². The van der Waals surface area contributed by atoms with Crippen LogP contribution in [0.2, 0.25) is 0 Å². The van der Waals surface area contributed by atoms with E-state index in [-0.39, 0.29) is 17.4 Å². The van der Waals surface area contributed by atoms with Gasteiger partial charge in [-0.3, -0.25) is 0 Å². The predicted molar refractivity (Wildman–Crippen MR) is 159 cm³/mol. The van der Waals surface area contributed by atoms with Crippen molar-refractivity contribution in [2.24, 2.45) is 11.3 Å². The molecular weight excluding hydrogens is 544 g/mol. The van der Waals surface area contributed by atoms with Crippen molar-refractivity contribution in [1.29, 1.82) is 0 Å². The zero-order valence-electron chi connectivity index (χ0n) is 23.0. The maximum Gasteiger partial charge on any atom is 0.341 e. The smallest absolute Gasteiger partial charge is 0.341 e. The van der Waals surface area contributed by atoms with Gasteiger partial charge in [0.05, 0.1) is 0 Å². The second-order valence-electron chi connectivity index (χ2n) is 11.3. The van der Waals surface area contributed by atoms with E-state index in [4.69, 9.17) is 35.3 Å². The third-order valence-corrected chi connectivity index (χ3v) is 10.5. The van der Waals surface area contributed by atoms with E-state index in [1.165, 1.54) is 10.4 Å². The van der Waals surface area contributed by atoms with Gasteiger partial charge in [0.2, 0.25) is 14.8 Å². The molecule has 1 fully saturated rings. The molecule has 3 aromatic carbocycles. The van der Waals surface area contributed by atoms with Gasteiger partial charge in [-0.05, 0) is 34.3 Å². The summed E-state index contributed by atoms with van der Waals surface area (Å²) >= 11 is 6.24. The molecule has 6 nitrogen and oxygen atoms in total. The van der Waals surface area contributed by atoms with Crippen molar-refractivity contribution in [3.05, 3.63) is 91.0 Å². The molecule has 1 aliphatic heterocycles. The lowest BCUT2D eigenvalue weighted by molar-refractivity contribution is -0.139. The summed E-state index contributed by atoms with van der Waals surface area (Å²) in [6, 6.07) is 26.1. The number of hydrogen-bond acceptors (Lipinski definition) is 5. The predicted octanol–water partition coefficient (Wildman–Crippen LogP) is 4.81. The number of carboxylic acids is 1. The van der Waals surface area contributed by atoms with Gasteiger partial charge in [-0.15, -0.1) is 11.6 Å². The van der Waals surface area contributed by atoms with Gasteiger partial charge >= 0.3 is 5.97 Å². The Hall–Kier alpha value is -3.26. The average Bonchev–Trinajstić information content (AvgIpc) is 3.27. The van der Waals surface area contributed by atoms with E-state index < -0.39 is 33.3 Å². The lowest BCUT2D eigenvalue weighted by Gasteiger charge is -2.46. The molecule has 0 bridgehead atoms. The topological polar surface area (TPSA) is 74.2 Å². The van der Waals surface area contributed by atoms with Crippen LogP contribution in [0.3, 0.4) is 0 Å². The summed E-state index contributed by atoms with van der Waals surface area (Å²) in [5.41, 5.74) is -1.00. The Labute approximate surface area is 242 Å².